The zero-order valence-electron chi connectivity index (χ0n) is 17.0. The normalized spacial score (nSPS) is 19.8. The van der Waals surface area contributed by atoms with Gasteiger partial charge in [0.05, 0.1) is 11.4 Å². The molecule has 0 unspecified atom stereocenters. The van der Waals surface area contributed by atoms with Crippen LogP contribution < -0.4 is 0 Å². The van der Waals surface area contributed by atoms with Gasteiger partial charge >= 0.3 is 0 Å². The molecule has 8 heteroatoms. The maximum absolute atomic E-state index is 12.8. The lowest BCUT2D eigenvalue weighted by molar-refractivity contribution is -0.131. The number of sulfonamides is 1. The fraction of sp³-hybridized carbons (Fsp3) is 0.650. The monoisotopic (exact) mass is 408 g/mol. The molecule has 0 aliphatic carbocycles. The number of piperazine rings is 1. The summed E-state index contributed by atoms with van der Waals surface area (Å²) in [6.45, 7) is 8.25. The zero-order valence-corrected chi connectivity index (χ0v) is 17.8. The van der Waals surface area contributed by atoms with Crippen molar-refractivity contribution in [2.45, 2.75) is 24.7 Å². The number of aryl methyl sites for hydroxylation is 1. The molecule has 0 radical (unpaired) electrons. The first-order valence-electron chi connectivity index (χ1n) is 10.1. The number of likely N-dealkylation sites (tertiary alicyclic amines) is 1. The predicted octanol–water partition coefficient (Wildman–Crippen LogP) is 0.856. The van der Waals surface area contributed by atoms with E-state index in [1.54, 1.807) is 17.0 Å². The summed E-state index contributed by atoms with van der Waals surface area (Å²) in [6.07, 6.45) is 2.51. The first-order valence-corrected chi connectivity index (χ1v) is 11.6. The second-order valence-electron chi connectivity index (χ2n) is 7.86. The number of rotatable bonds is 7. The fourth-order valence-corrected chi connectivity index (χ4v) is 5.14. The minimum atomic E-state index is -3.46. The highest BCUT2D eigenvalue weighted by atomic mass is 32.2. The molecule has 0 spiro atoms. The van der Waals surface area contributed by atoms with Gasteiger partial charge in [-0.05, 0) is 45.0 Å². The third-order valence-electron chi connectivity index (χ3n) is 5.72. The molecular formula is C20H32N4O3S. The van der Waals surface area contributed by atoms with Crippen molar-refractivity contribution in [2.75, 3.05) is 66.0 Å². The van der Waals surface area contributed by atoms with Crippen LogP contribution >= 0.6 is 0 Å². The maximum atomic E-state index is 12.8. The largest absolute Gasteiger partial charge is 0.343 e. The number of benzene rings is 1. The summed E-state index contributed by atoms with van der Waals surface area (Å²) in [5.74, 6) is 0.106. The van der Waals surface area contributed by atoms with Crippen molar-refractivity contribution in [3.63, 3.8) is 0 Å². The number of carbonyl (C=O) groups excluding carboxylic acids is 1. The van der Waals surface area contributed by atoms with E-state index in [2.05, 4.69) is 9.80 Å². The van der Waals surface area contributed by atoms with Gasteiger partial charge in [-0.3, -0.25) is 9.69 Å². The number of carbonyl (C=O) groups is 1. The molecule has 2 aliphatic rings. The van der Waals surface area contributed by atoms with E-state index in [1.165, 1.54) is 17.1 Å². The Kier molecular flexibility index (Phi) is 7.09. The molecule has 2 fully saturated rings. The van der Waals surface area contributed by atoms with Gasteiger partial charge < -0.3 is 9.80 Å². The Hall–Kier alpha value is -1.48. The molecular weight excluding hydrogens is 376 g/mol. The van der Waals surface area contributed by atoms with Gasteiger partial charge in [-0.25, -0.2) is 8.42 Å². The molecule has 2 aliphatic heterocycles. The van der Waals surface area contributed by atoms with E-state index in [4.69, 9.17) is 0 Å². The lowest BCUT2D eigenvalue weighted by atomic mass is 10.2. The smallest absolute Gasteiger partial charge is 0.243 e. The molecule has 28 heavy (non-hydrogen) atoms. The van der Waals surface area contributed by atoms with Crippen LogP contribution in [0, 0.1) is 6.92 Å². The van der Waals surface area contributed by atoms with Crippen molar-refractivity contribution in [1.29, 1.82) is 0 Å². The van der Waals surface area contributed by atoms with Crippen LogP contribution in [0.2, 0.25) is 0 Å². The third-order valence-corrected chi connectivity index (χ3v) is 7.64. The Morgan fingerprint density at radius 1 is 0.964 bits per heavy atom. The Bertz CT molecular complexity index is 752. The van der Waals surface area contributed by atoms with Gasteiger partial charge in [0, 0.05) is 46.3 Å². The van der Waals surface area contributed by atoms with E-state index in [1.807, 2.05) is 26.1 Å². The molecule has 0 bridgehead atoms. The molecule has 3 rings (SSSR count). The lowest BCUT2D eigenvalue weighted by Gasteiger charge is -2.34. The van der Waals surface area contributed by atoms with E-state index in [-0.39, 0.29) is 5.91 Å². The number of likely N-dealkylation sites (N-methyl/N-ethyl adjacent to an activating group) is 1. The molecule has 2 saturated heterocycles. The summed E-state index contributed by atoms with van der Waals surface area (Å²) in [4.78, 5) is 19.1. The maximum Gasteiger partial charge on any atom is 0.243 e. The second-order valence-corrected chi connectivity index (χ2v) is 9.80. The van der Waals surface area contributed by atoms with Gasteiger partial charge in [0.25, 0.3) is 0 Å². The van der Waals surface area contributed by atoms with Gasteiger partial charge in [0.1, 0.15) is 0 Å². The van der Waals surface area contributed by atoms with Crippen LogP contribution in [0.4, 0.5) is 0 Å². The van der Waals surface area contributed by atoms with Gasteiger partial charge in [0.15, 0.2) is 0 Å². The van der Waals surface area contributed by atoms with E-state index >= 15 is 0 Å². The molecule has 0 N–H and O–H groups in total. The summed E-state index contributed by atoms with van der Waals surface area (Å²) in [5.41, 5.74) is 1.04. The van der Waals surface area contributed by atoms with Crippen LogP contribution in [0.3, 0.4) is 0 Å². The van der Waals surface area contributed by atoms with Crippen LogP contribution in [-0.2, 0) is 14.8 Å². The van der Waals surface area contributed by atoms with Crippen LogP contribution in [0.25, 0.3) is 0 Å². The summed E-state index contributed by atoms with van der Waals surface area (Å²) in [6, 6.07) is 6.96. The predicted molar refractivity (Wildman–Crippen MR) is 110 cm³/mol. The average Bonchev–Trinajstić information content (AvgIpc) is 3.20. The van der Waals surface area contributed by atoms with E-state index in [9.17, 15) is 13.2 Å². The van der Waals surface area contributed by atoms with Gasteiger partial charge in [-0.2, -0.15) is 4.31 Å². The highest BCUT2D eigenvalue weighted by Crippen LogP contribution is 2.18. The van der Waals surface area contributed by atoms with Crippen LogP contribution in [0.5, 0.6) is 0 Å². The van der Waals surface area contributed by atoms with Gasteiger partial charge in [-0.1, -0.05) is 17.7 Å². The summed E-state index contributed by atoms with van der Waals surface area (Å²) < 4.78 is 27.1. The topological polar surface area (TPSA) is 64.2 Å². The van der Waals surface area contributed by atoms with E-state index < -0.39 is 10.0 Å². The number of amides is 1. The average molecular weight is 409 g/mol. The van der Waals surface area contributed by atoms with Gasteiger partial charge in [-0.15, -0.1) is 0 Å². The highest BCUT2D eigenvalue weighted by molar-refractivity contribution is 7.89. The highest BCUT2D eigenvalue weighted by Gasteiger charge is 2.29. The quantitative estimate of drug-likeness (QED) is 0.670. The third kappa shape index (κ3) is 5.31. The lowest BCUT2D eigenvalue weighted by Crippen LogP contribution is -2.51. The van der Waals surface area contributed by atoms with Crippen molar-refractivity contribution >= 4 is 15.9 Å². The van der Waals surface area contributed by atoms with Gasteiger partial charge in [0.2, 0.25) is 15.9 Å². The zero-order chi connectivity index (χ0) is 20.1. The van der Waals surface area contributed by atoms with Crippen LogP contribution in [0.15, 0.2) is 29.2 Å². The second kappa shape index (κ2) is 9.35. The van der Waals surface area contributed by atoms with Crippen molar-refractivity contribution in [1.82, 2.24) is 19.0 Å². The van der Waals surface area contributed by atoms with Crippen molar-refractivity contribution in [3.8, 4) is 0 Å². The number of hydrogen-bond donors (Lipinski definition) is 0. The number of nitrogens with zero attached hydrogens (tertiary/aromatic N) is 4. The van der Waals surface area contributed by atoms with Crippen molar-refractivity contribution < 1.29 is 13.2 Å². The fourth-order valence-electron chi connectivity index (χ4n) is 3.72. The Morgan fingerprint density at radius 3 is 2.18 bits per heavy atom. The molecule has 2 heterocycles. The molecule has 1 aromatic rings. The van der Waals surface area contributed by atoms with Crippen molar-refractivity contribution in [2.24, 2.45) is 0 Å². The first-order chi connectivity index (χ1) is 13.4. The summed E-state index contributed by atoms with van der Waals surface area (Å²) in [7, 11) is -1.60. The minimum absolute atomic E-state index is 0.106. The van der Waals surface area contributed by atoms with E-state index in [0.717, 1.165) is 31.7 Å². The summed E-state index contributed by atoms with van der Waals surface area (Å²) >= 11 is 0. The first kappa shape index (κ1) is 21.2. The molecule has 1 aromatic carbocycles. The Balaban J connectivity index is 1.45. The van der Waals surface area contributed by atoms with Crippen LogP contribution in [0.1, 0.15) is 18.4 Å². The van der Waals surface area contributed by atoms with Crippen LogP contribution in [-0.4, -0.2) is 99.3 Å². The number of hydrogen-bond acceptors (Lipinski definition) is 5. The Morgan fingerprint density at radius 2 is 1.57 bits per heavy atom. The Labute approximate surface area is 168 Å². The molecule has 0 aromatic heterocycles. The SMILES string of the molecule is Cc1ccc(S(=O)(=O)N2CCN(CC(=O)N(C)CCN3CCCC3)CC2)cc1. The molecule has 7 nitrogen and oxygen atoms in total. The molecule has 0 atom stereocenters. The standard InChI is InChI=1S/C20H32N4O3S/c1-18-5-7-19(8-6-18)28(26,27)24-15-13-23(14-16-24)17-20(25)21(2)11-12-22-9-3-4-10-22/h5-8H,3-4,9-17H2,1-2H3. The van der Waals surface area contributed by atoms with E-state index in [0.29, 0.717) is 37.6 Å². The molecule has 1 amide bonds. The molecule has 0 saturated carbocycles. The molecule has 156 valence electrons. The summed E-state index contributed by atoms with van der Waals surface area (Å²) in [5, 5.41) is 0. The van der Waals surface area contributed by atoms with Crippen molar-refractivity contribution in [3.05, 3.63) is 29.8 Å². The minimum Gasteiger partial charge on any atom is -0.343 e.